The van der Waals surface area contributed by atoms with E-state index in [9.17, 15) is 4.79 Å². The number of benzene rings is 2. The minimum Gasteiger partial charge on any atom is -0.489 e. The fourth-order valence-electron chi connectivity index (χ4n) is 3.14. The van der Waals surface area contributed by atoms with Crippen molar-refractivity contribution in [1.82, 2.24) is 10.2 Å². The van der Waals surface area contributed by atoms with Crippen molar-refractivity contribution in [3.63, 3.8) is 0 Å². The monoisotopic (exact) mass is 324 g/mol. The Hall–Kier alpha value is -2.33. The topological polar surface area (TPSA) is 41.6 Å². The Balaban J connectivity index is 1.67. The van der Waals surface area contributed by atoms with Gasteiger partial charge in [0.15, 0.2) is 0 Å². The average molecular weight is 324 g/mol. The number of ether oxygens (including phenoxy) is 1. The molecule has 126 valence electrons. The number of nitrogens with one attached hydrogen (secondary N) is 1. The van der Waals surface area contributed by atoms with Crippen LogP contribution in [0.15, 0.2) is 54.6 Å². The van der Waals surface area contributed by atoms with Gasteiger partial charge in [0.05, 0.1) is 0 Å². The summed E-state index contributed by atoms with van der Waals surface area (Å²) in [6, 6.07) is 18.1. The predicted molar refractivity (Wildman–Crippen MR) is 95.2 cm³/mol. The zero-order chi connectivity index (χ0) is 16.9. The lowest BCUT2D eigenvalue weighted by molar-refractivity contribution is 0.0673. The molecule has 1 saturated heterocycles. The maximum Gasteiger partial charge on any atom is 0.254 e. The fourth-order valence-corrected chi connectivity index (χ4v) is 3.14. The molecule has 2 atom stereocenters. The largest absolute Gasteiger partial charge is 0.489 e. The van der Waals surface area contributed by atoms with Crippen LogP contribution in [0.3, 0.4) is 0 Å². The van der Waals surface area contributed by atoms with Crippen LogP contribution in [-0.4, -0.2) is 36.0 Å². The summed E-state index contributed by atoms with van der Waals surface area (Å²) in [7, 11) is 0. The van der Waals surface area contributed by atoms with E-state index in [0.717, 1.165) is 24.4 Å². The van der Waals surface area contributed by atoms with Crippen molar-refractivity contribution in [2.75, 3.05) is 13.1 Å². The zero-order valence-electron chi connectivity index (χ0n) is 14.2. The van der Waals surface area contributed by atoms with Crippen LogP contribution < -0.4 is 10.1 Å². The summed E-state index contributed by atoms with van der Waals surface area (Å²) < 4.78 is 5.83. The van der Waals surface area contributed by atoms with Crippen molar-refractivity contribution < 1.29 is 9.53 Å². The Bertz CT molecular complexity index is 677. The van der Waals surface area contributed by atoms with E-state index in [1.165, 1.54) is 0 Å². The lowest BCUT2D eigenvalue weighted by atomic mass is 10.1. The minimum absolute atomic E-state index is 0.0698. The van der Waals surface area contributed by atoms with Gasteiger partial charge in [0.1, 0.15) is 12.4 Å². The molecule has 1 aliphatic heterocycles. The molecule has 0 aromatic heterocycles. The molecule has 0 spiro atoms. The third-order valence-corrected chi connectivity index (χ3v) is 4.17. The van der Waals surface area contributed by atoms with Gasteiger partial charge >= 0.3 is 0 Å². The second-order valence-corrected chi connectivity index (χ2v) is 6.48. The van der Waals surface area contributed by atoms with Gasteiger partial charge in [-0.2, -0.15) is 0 Å². The van der Waals surface area contributed by atoms with Gasteiger partial charge in [-0.25, -0.2) is 0 Å². The molecule has 1 heterocycles. The third kappa shape index (κ3) is 4.15. The van der Waals surface area contributed by atoms with Gasteiger partial charge in [-0.05, 0) is 37.6 Å². The molecule has 2 aromatic carbocycles. The van der Waals surface area contributed by atoms with Gasteiger partial charge in [0.25, 0.3) is 5.91 Å². The van der Waals surface area contributed by atoms with Crippen LogP contribution in [0.1, 0.15) is 29.8 Å². The van der Waals surface area contributed by atoms with E-state index >= 15 is 0 Å². The van der Waals surface area contributed by atoms with Gasteiger partial charge < -0.3 is 15.0 Å². The highest BCUT2D eigenvalue weighted by atomic mass is 16.5. The number of hydrogen-bond acceptors (Lipinski definition) is 3. The van der Waals surface area contributed by atoms with E-state index < -0.39 is 0 Å². The molecular formula is C20H24N2O2. The lowest BCUT2D eigenvalue weighted by Crippen LogP contribution is -2.55. The Morgan fingerprint density at radius 1 is 1.08 bits per heavy atom. The summed E-state index contributed by atoms with van der Waals surface area (Å²) in [5.41, 5.74) is 1.79. The van der Waals surface area contributed by atoms with E-state index in [1.807, 2.05) is 59.5 Å². The molecular weight excluding hydrogens is 300 g/mol. The smallest absolute Gasteiger partial charge is 0.254 e. The Kier molecular flexibility index (Phi) is 5.16. The molecule has 2 unspecified atom stereocenters. The van der Waals surface area contributed by atoms with E-state index in [1.54, 1.807) is 0 Å². The highest BCUT2D eigenvalue weighted by molar-refractivity contribution is 5.94. The quantitative estimate of drug-likeness (QED) is 0.940. The maximum absolute atomic E-state index is 12.8. The first-order chi connectivity index (χ1) is 11.6. The standard InChI is InChI=1S/C20H24N2O2/c1-15-12-22(13-16(2)21-15)20(23)18-9-6-10-19(11-18)24-14-17-7-4-3-5-8-17/h3-11,15-16,21H,12-14H2,1-2H3. The first-order valence-electron chi connectivity index (χ1n) is 8.44. The van der Waals surface area contributed by atoms with Crippen molar-refractivity contribution in [3.8, 4) is 5.75 Å². The molecule has 2 aromatic rings. The number of piperazine rings is 1. The second-order valence-electron chi connectivity index (χ2n) is 6.48. The molecule has 1 N–H and O–H groups in total. The highest BCUT2D eigenvalue weighted by Crippen LogP contribution is 2.18. The Labute approximate surface area is 143 Å². The molecule has 0 saturated carbocycles. The van der Waals surface area contributed by atoms with Gasteiger partial charge in [0.2, 0.25) is 0 Å². The number of amides is 1. The van der Waals surface area contributed by atoms with Crippen LogP contribution in [0.25, 0.3) is 0 Å². The minimum atomic E-state index is 0.0698. The molecule has 0 bridgehead atoms. The van der Waals surface area contributed by atoms with Gasteiger partial charge in [-0.3, -0.25) is 4.79 Å². The molecule has 24 heavy (non-hydrogen) atoms. The van der Waals surface area contributed by atoms with Crippen LogP contribution >= 0.6 is 0 Å². The molecule has 3 rings (SSSR count). The van der Waals surface area contributed by atoms with Gasteiger partial charge in [0, 0.05) is 30.7 Å². The summed E-state index contributed by atoms with van der Waals surface area (Å²) in [4.78, 5) is 14.7. The highest BCUT2D eigenvalue weighted by Gasteiger charge is 2.25. The average Bonchev–Trinajstić information content (AvgIpc) is 2.59. The number of carbonyl (C=O) groups is 1. The van der Waals surface area contributed by atoms with Crippen LogP contribution in [0.5, 0.6) is 5.75 Å². The summed E-state index contributed by atoms with van der Waals surface area (Å²) in [6.45, 7) is 6.18. The lowest BCUT2D eigenvalue weighted by Gasteiger charge is -2.36. The first kappa shape index (κ1) is 16.5. The van der Waals surface area contributed by atoms with Crippen molar-refractivity contribution in [2.24, 2.45) is 0 Å². The van der Waals surface area contributed by atoms with Gasteiger partial charge in [-0.15, -0.1) is 0 Å². The molecule has 1 aliphatic rings. The summed E-state index contributed by atoms with van der Waals surface area (Å²) >= 11 is 0. The predicted octanol–water partition coefficient (Wildman–Crippen LogP) is 3.09. The van der Waals surface area contributed by atoms with Crippen molar-refractivity contribution >= 4 is 5.91 Å². The Morgan fingerprint density at radius 2 is 1.79 bits per heavy atom. The Morgan fingerprint density at radius 3 is 2.50 bits per heavy atom. The number of carbonyl (C=O) groups excluding carboxylic acids is 1. The number of nitrogens with zero attached hydrogens (tertiary/aromatic N) is 1. The molecule has 4 nitrogen and oxygen atoms in total. The van der Waals surface area contributed by atoms with Crippen LogP contribution in [0.2, 0.25) is 0 Å². The zero-order valence-corrected chi connectivity index (χ0v) is 14.2. The normalized spacial score (nSPS) is 20.7. The van der Waals surface area contributed by atoms with E-state index in [4.69, 9.17) is 4.74 Å². The van der Waals surface area contributed by atoms with E-state index in [0.29, 0.717) is 24.3 Å². The SMILES string of the molecule is CC1CN(C(=O)c2cccc(OCc3ccccc3)c2)CC(C)N1. The van der Waals surface area contributed by atoms with Crippen LogP contribution in [-0.2, 0) is 6.61 Å². The number of rotatable bonds is 4. The molecule has 1 fully saturated rings. The summed E-state index contributed by atoms with van der Waals surface area (Å²) in [6.07, 6.45) is 0. The molecule has 1 amide bonds. The third-order valence-electron chi connectivity index (χ3n) is 4.17. The summed E-state index contributed by atoms with van der Waals surface area (Å²) in [5, 5.41) is 3.45. The molecule has 4 heteroatoms. The van der Waals surface area contributed by atoms with E-state index in [2.05, 4.69) is 19.2 Å². The second kappa shape index (κ2) is 7.49. The number of hydrogen-bond donors (Lipinski definition) is 1. The first-order valence-corrected chi connectivity index (χ1v) is 8.44. The van der Waals surface area contributed by atoms with E-state index in [-0.39, 0.29) is 5.91 Å². The van der Waals surface area contributed by atoms with Crippen molar-refractivity contribution in [1.29, 1.82) is 0 Å². The summed E-state index contributed by atoms with van der Waals surface area (Å²) in [5.74, 6) is 0.793. The van der Waals surface area contributed by atoms with Crippen LogP contribution in [0, 0.1) is 0 Å². The van der Waals surface area contributed by atoms with Crippen molar-refractivity contribution in [3.05, 3.63) is 65.7 Å². The maximum atomic E-state index is 12.8. The molecule has 0 aliphatic carbocycles. The van der Waals surface area contributed by atoms with Crippen LogP contribution in [0.4, 0.5) is 0 Å². The van der Waals surface area contributed by atoms with Gasteiger partial charge in [-0.1, -0.05) is 36.4 Å². The van der Waals surface area contributed by atoms with Crippen molar-refractivity contribution in [2.45, 2.75) is 32.5 Å². The molecule has 0 radical (unpaired) electrons. The fraction of sp³-hybridized carbons (Fsp3) is 0.350.